The molecule has 2 amide bonds. The van der Waals surface area contributed by atoms with E-state index in [9.17, 15) is 14.0 Å². The van der Waals surface area contributed by atoms with Gasteiger partial charge >= 0.3 is 0 Å². The van der Waals surface area contributed by atoms with E-state index in [1.54, 1.807) is 49.6 Å². The van der Waals surface area contributed by atoms with Gasteiger partial charge in [-0.25, -0.2) is 4.39 Å². The van der Waals surface area contributed by atoms with E-state index in [1.165, 1.54) is 17.0 Å². The number of hydrogen-bond acceptors (Lipinski definition) is 3. The third-order valence-electron chi connectivity index (χ3n) is 5.68. The molecular weight excluding hydrogens is 431 g/mol. The van der Waals surface area contributed by atoms with Crippen LogP contribution in [-0.4, -0.2) is 24.5 Å². The molecule has 174 valence electrons. The molecule has 0 saturated carbocycles. The molecule has 1 heterocycles. The van der Waals surface area contributed by atoms with Crippen LogP contribution in [0.3, 0.4) is 0 Å². The number of rotatable bonds is 5. The van der Waals surface area contributed by atoms with E-state index in [4.69, 9.17) is 4.74 Å². The molecule has 3 aromatic rings. The van der Waals surface area contributed by atoms with Crippen LogP contribution in [0, 0.1) is 5.82 Å². The maximum atomic E-state index is 14.0. The van der Waals surface area contributed by atoms with Crippen LogP contribution in [0.15, 0.2) is 84.4 Å². The molecule has 1 aliphatic heterocycles. The fraction of sp³-hybridized carbons (Fsp3) is 0.214. The fourth-order valence-electron chi connectivity index (χ4n) is 4.18. The molecule has 1 atom stereocenters. The number of anilines is 1. The highest BCUT2D eigenvalue weighted by atomic mass is 19.1. The Kier molecular flexibility index (Phi) is 6.00. The molecule has 0 spiro atoms. The van der Waals surface area contributed by atoms with Crippen LogP contribution in [0.2, 0.25) is 0 Å². The van der Waals surface area contributed by atoms with Gasteiger partial charge in [-0.3, -0.25) is 14.5 Å². The first kappa shape index (κ1) is 23.2. The lowest BCUT2D eigenvalue weighted by molar-refractivity contribution is -0.135. The molecule has 3 aromatic carbocycles. The van der Waals surface area contributed by atoms with E-state index in [0.717, 1.165) is 5.56 Å². The van der Waals surface area contributed by atoms with Gasteiger partial charge in [-0.2, -0.15) is 0 Å². The van der Waals surface area contributed by atoms with Gasteiger partial charge in [0.15, 0.2) is 5.54 Å². The minimum absolute atomic E-state index is 0.303. The van der Waals surface area contributed by atoms with Crippen molar-refractivity contribution >= 4 is 23.6 Å². The molecule has 6 heteroatoms. The SMILES string of the molecule is COc1ccc(N2C(=O)/C(=C\c3ccccc3)C2(C(=O)NC(C)(C)C)c2ccc(F)cc2)cc1. The van der Waals surface area contributed by atoms with E-state index < -0.39 is 16.9 Å². The summed E-state index contributed by atoms with van der Waals surface area (Å²) in [7, 11) is 1.56. The van der Waals surface area contributed by atoms with E-state index in [2.05, 4.69) is 5.32 Å². The predicted octanol–water partition coefficient (Wildman–Crippen LogP) is 5.07. The summed E-state index contributed by atoms with van der Waals surface area (Å²) in [6.45, 7) is 5.63. The average molecular weight is 459 g/mol. The van der Waals surface area contributed by atoms with Crippen LogP contribution in [-0.2, 0) is 15.1 Å². The molecule has 0 aliphatic carbocycles. The zero-order valence-electron chi connectivity index (χ0n) is 19.6. The molecule has 0 radical (unpaired) electrons. The lowest BCUT2D eigenvalue weighted by Crippen LogP contribution is -2.71. The van der Waals surface area contributed by atoms with Crippen molar-refractivity contribution in [3.8, 4) is 5.75 Å². The lowest BCUT2D eigenvalue weighted by Gasteiger charge is -2.53. The second kappa shape index (κ2) is 8.78. The Morgan fingerprint density at radius 3 is 2.15 bits per heavy atom. The Hall–Kier alpha value is -3.93. The number of halogens is 1. The Morgan fingerprint density at radius 1 is 0.971 bits per heavy atom. The summed E-state index contributed by atoms with van der Waals surface area (Å²) in [5, 5.41) is 3.04. The fourth-order valence-corrected chi connectivity index (χ4v) is 4.18. The Balaban J connectivity index is 1.97. The summed E-state index contributed by atoms with van der Waals surface area (Å²) in [5.74, 6) is -0.472. The maximum Gasteiger partial charge on any atom is 0.259 e. The molecule has 5 nitrogen and oxygen atoms in total. The highest BCUT2D eigenvalue weighted by Gasteiger charge is 2.63. The molecule has 1 aliphatic rings. The monoisotopic (exact) mass is 458 g/mol. The second-order valence-electron chi connectivity index (χ2n) is 9.23. The molecule has 1 saturated heterocycles. The first-order valence-electron chi connectivity index (χ1n) is 11.0. The molecule has 1 N–H and O–H groups in total. The van der Waals surface area contributed by atoms with Crippen LogP contribution in [0.1, 0.15) is 31.9 Å². The minimum Gasteiger partial charge on any atom is -0.497 e. The van der Waals surface area contributed by atoms with E-state index in [-0.39, 0.29) is 11.8 Å². The Bertz CT molecular complexity index is 1230. The molecule has 0 bridgehead atoms. The summed E-state index contributed by atoms with van der Waals surface area (Å²) in [5.41, 5.74) is 0.0742. The van der Waals surface area contributed by atoms with Gasteiger partial charge in [-0.15, -0.1) is 0 Å². The third-order valence-corrected chi connectivity index (χ3v) is 5.68. The van der Waals surface area contributed by atoms with Crippen LogP contribution in [0.5, 0.6) is 5.75 Å². The summed E-state index contributed by atoms with van der Waals surface area (Å²) in [6.07, 6.45) is 1.73. The molecule has 1 fully saturated rings. The largest absolute Gasteiger partial charge is 0.497 e. The zero-order chi connectivity index (χ0) is 24.5. The zero-order valence-corrected chi connectivity index (χ0v) is 19.6. The molecular formula is C28H27FN2O3. The van der Waals surface area contributed by atoms with E-state index in [1.807, 2.05) is 51.1 Å². The summed E-state index contributed by atoms with van der Waals surface area (Å²) in [6, 6.07) is 22.0. The van der Waals surface area contributed by atoms with Gasteiger partial charge in [-0.05, 0) is 74.4 Å². The minimum atomic E-state index is -1.48. The van der Waals surface area contributed by atoms with Crippen molar-refractivity contribution in [1.29, 1.82) is 0 Å². The van der Waals surface area contributed by atoms with Crippen molar-refractivity contribution in [2.45, 2.75) is 31.8 Å². The quantitative estimate of drug-likeness (QED) is 0.429. The van der Waals surface area contributed by atoms with Crippen molar-refractivity contribution in [1.82, 2.24) is 5.32 Å². The molecule has 34 heavy (non-hydrogen) atoms. The maximum absolute atomic E-state index is 14.0. The summed E-state index contributed by atoms with van der Waals surface area (Å²) < 4.78 is 19.1. The van der Waals surface area contributed by atoms with Crippen LogP contribution < -0.4 is 15.0 Å². The van der Waals surface area contributed by atoms with Crippen molar-refractivity contribution in [3.05, 3.63) is 101 Å². The average Bonchev–Trinajstić information content (AvgIpc) is 2.81. The number of hydrogen-bond donors (Lipinski definition) is 1. The number of nitrogens with one attached hydrogen (secondary N) is 1. The lowest BCUT2D eigenvalue weighted by atomic mass is 9.70. The van der Waals surface area contributed by atoms with E-state index in [0.29, 0.717) is 22.6 Å². The smallest absolute Gasteiger partial charge is 0.259 e. The van der Waals surface area contributed by atoms with E-state index >= 15 is 0 Å². The van der Waals surface area contributed by atoms with Crippen LogP contribution in [0.4, 0.5) is 10.1 Å². The summed E-state index contributed by atoms with van der Waals surface area (Å²) >= 11 is 0. The van der Waals surface area contributed by atoms with Crippen molar-refractivity contribution in [2.24, 2.45) is 0 Å². The number of amides is 2. The number of ether oxygens (including phenoxy) is 1. The van der Waals surface area contributed by atoms with Gasteiger partial charge in [0.2, 0.25) is 0 Å². The molecule has 4 rings (SSSR count). The molecule has 0 aromatic heterocycles. The second-order valence-corrected chi connectivity index (χ2v) is 9.23. The highest BCUT2D eigenvalue weighted by molar-refractivity contribution is 6.27. The van der Waals surface area contributed by atoms with Gasteiger partial charge in [0.05, 0.1) is 12.7 Å². The summed E-state index contributed by atoms with van der Waals surface area (Å²) in [4.78, 5) is 29.1. The Morgan fingerprint density at radius 2 is 1.59 bits per heavy atom. The topological polar surface area (TPSA) is 58.6 Å². The van der Waals surface area contributed by atoms with Gasteiger partial charge < -0.3 is 10.1 Å². The van der Waals surface area contributed by atoms with Crippen molar-refractivity contribution < 1.29 is 18.7 Å². The van der Waals surface area contributed by atoms with Crippen molar-refractivity contribution in [3.63, 3.8) is 0 Å². The van der Waals surface area contributed by atoms with Gasteiger partial charge in [0.25, 0.3) is 11.8 Å². The number of methoxy groups -OCH3 is 1. The van der Waals surface area contributed by atoms with Gasteiger partial charge in [0, 0.05) is 11.2 Å². The van der Waals surface area contributed by atoms with Gasteiger partial charge in [0.1, 0.15) is 11.6 Å². The Labute approximate surface area is 198 Å². The number of carbonyl (C=O) groups is 2. The number of nitrogens with zero attached hydrogens (tertiary/aromatic N) is 1. The number of carbonyl (C=O) groups excluding carboxylic acids is 2. The number of β-lactam (4-membered cyclic amide) rings is 1. The highest BCUT2D eigenvalue weighted by Crippen LogP contribution is 2.50. The first-order chi connectivity index (χ1) is 16.2. The predicted molar refractivity (Wildman–Crippen MR) is 131 cm³/mol. The first-order valence-corrected chi connectivity index (χ1v) is 11.0. The third kappa shape index (κ3) is 4.07. The van der Waals surface area contributed by atoms with Gasteiger partial charge in [-0.1, -0.05) is 42.5 Å². The normalized spacial score (nSPS) is 19.0. The van der Waals surface area contributed by atoms with Crippen LogP contribution >= 0.6 is 0 Å². The standard InChI is InChI=1S/C28H27FN2O3/c1-27(2,3)30-26(33)28(20-10-12-21(29)13-11-20)24(18-19-8-6-5-7-9-19)25(32)31(28)22-14-16-23(34-4)17-15-22/h5-18H,1-4H3,(H,30,33)/b24-18+. The van der Waals surface area contributed by atoms with Crippen LogP contribution in [0.25, 0.3) is 6.08 Å². The molecule has 1 unspecified atom stereocenters. The number of benzene rings is 3. The van der Waals surface area contributed by atoms with Crippen molar-refractivity contribution in [2.75, 3.05) is 12.0 Å².